The Balaban J connectivity index is 1.75. The van der Waals surface area contributed by atoms with Crippen LogP contribution in [0.4, 0.5) is 0 Å². The van der Waals surface area contributed by atoms with E-state index >= 15 is 0 Å². The topological polar surface area (TPSA) is 64.4 Å². The Labute approximate surface area is 134 Å². The molecular formula is C17H21N3O3. The van der Waals surface area contributed by atoms with Crippen LogP contribution in [-0.2, 0) is 16.2 Å². The molecule has 122 valence electrons. The van der Waals surface area contributed by atoms with E-state index in [4.69, 9.17) is 4.74 Å². The van der Waals surface area contributed by atoms with Crippen LogP contribution in [0.1, 0.15) is 19.8 Å². The number of carbonyl (C=O) groups excluding carboxylic acids is 1. The van der Waals surface area contributed by atoms with E-state index in [0.29, 0.717) is 25.2 Å². The molecule has 0 N–H and O–H groups in total. The zero-order chi connectivity index (χ0) is 16.2. The predicted molar refractivity (Wildman–Crippen MR) is 86.9 cm³/mol. The van der Waals surface area contributed by atoms with Crippen molar-refractivity contribution in [3.8, 4) is 0 Å². The Morgan fingerprint density at radius 2 is 2.22 bits per heavy atom. The molecule has 0 saturated carbocycles. The Hall–Kier alpha value is -2.21. The highest BCUT2D eigenvalue weighted by Gasteiger charge is 2.27. The lowest BCUT2D eigenvalue weighted by molar-refractivity contribution is -0.150. The van der Waals surface area contributed by atoms with Crippen molar-refractivity contribution in [2.24, 2.45) is 5.92 Å². The van der Waals surface area contributed by atoms with Crippen molar-refractivity contribution in [2.45, 2.75) is 26.4 Å². The molecule has 0 radical (unpaired) electrons. The first kappa shape index (κ1) is 15.7. The molecule has 1 aromatic carbocycles. The molecule has 23 heavy (non-hydrogen) atoms. The zero-order valence-corrected chi connectivity index (χ0v) is 13.3. The molecule has 0 bridgehead atoms. The highest BCUT2D eigenvalue weighted by molar-refractivity contribution is 5.80. The summed E-state index contributed by atoms with van der Waals surface area (Å²) in [6.45, 7) is 4.09. The van der Waals surface area contributed by atoms with Crippen molar-refractivity contribution in [3.63, 3.8) is 0 Å². The zero-order valence-electron chi connectivity index (χ0n) is 13.3. The molecule has 2 heterocycles. The molecule has 0 spiro atoms. The highest BCUT2D eigenvalue weighted by Crippen LogP contribution is 2.18. The average molecular weight is 315 g/mol. The van der Waals surface area contributed by atoms with Gasteiger partial charge in [-0.15, -0.1) is 0 Å². The number of benzene rings is 1. The molecule has 1 atom stereocenters. The number of nitrogens with zero attached hydrogens (tertiary/aromatic N) is 3. The molecule has 2 aromatic rings. The molecule has 6 heteroatoms. The third-order valence-corrected chi connectivity index (χ3v) is 4.22. The summed E-state index contributed by atoms with van der Waals surface area (Å²) in [4.78, 5) is 26.5. The van der Waals surface area contributed by atoms with Crippen molar-refractivity contribution in [1.82, 2.24) is 14.7 Å². The van der Waals surface area contributed by atoms with Crippen LogP contribution in [-0.4, -0.2) is 40.3 Å². The van der Waals surface area contributed by atoms with Gasteiger partial charge in [0.2, 0.25) is 0 Å². The lowest BCUT2D eigenvalue weighted by atomic mass is 9.98. The van der Waals surface area contributed by atoms with Crippen LogP contribution in [0.15, 0.2) is 35.3 Å². The summed E-state index contributed by atoms with van der Waals surface area (Å²) in [6, 6.07) is 7.44. The number of esters is 1. The number of rotatable bonds is 4. The first-order valence-electron chi connectivity index (χ1n) is 8.03. The van der Waals surface area contributed by atoms with Gasteiger partial charge < -0.3 is 4.74 Å². The number of ether oxygens (including phenoxy) is 1. The quantitative estimate of drug-likeness (QED) is 0.802. The monoisotopic (exact) mass is 315 g/mol. The molecule has 0 aliphatic carbocycles. The Morgan fingerprint density at radius 3 is 3.04 bits per heavy atom. The minimum atomic E-state index is -0.143. The Morgan fingerprint density at radius 1 is 1.39 bits per heavy atom. The molecule has 1 unspecified atom stereocenters. The second-order valence-electron chi connectivity index (χ2n) is 5.85. The van der Waals surface area contributed by atoms with E-state index in [0.717, 1.165) is 24.8 Å². The Bertz CT molecular complexity index is 756. The number of hydrogen-bond donors (Lipinski definition) is 0. The van der Waals surface area contributed by atoms with Gasteiger partial charge in [0.1, 0.15) is 0 Å². The summed E-state index contributed by atoms with van der Waals surface area (Å²) >= 11 is 0. The highest BCUT2D eigenvalue weighted by atomic mass is 16.5. The van der Waals surface area contributed by atoms with E-state index < -0.39 is 0 Å². The van der Waals surface area contributed by atoms with Crippen LogP contribution in [0.25, 0.3) is 10.8 Å². The van der Waals surface area contributed by atoms with Crippen LogP contribution in [0.3, 0.4) is 0 Å². The van der Waals surface area contributed by atoms with E-state index in [1.807, 2.05) is 31.2 Å². The van der Waals surface area contributed by atoms with Gasteiger partial charge in [0.05, 0.1) is 30.8 Å². The van der Waals surface area contributed by atoms with Crippen LogP contribution in [0.5, 0.6) is 0 Å². The minimum Gasteiger partial charge on any atom is -0.466 e. The van der Waals surface area contributed by atoms with Crippen molar-refractivity contribution in [2.75, 3.05) is 19.7 Å². The molecule has 1 saturated heterocycles. The number of hydrogen-bond acceptors (Lipinski definition) is 5. The maximum absolute atomic E-state index is 12.5. The lowest BCUT2D eigenvalue weighted by Gasteiger charge is -2.31. The number of fused-ring (bicyclic) bond motifs is 1. The smallest absolute Gasteiger partial charge is 0.310 e. The normalized spacial score (nSPS) is 18.9. The lowest BCUT2D eigenvalue weighted by Crippen LogP contribution is -2.42. The molecule has 6 nitrogen and oxygen atoms in total. The van der Waals surface area contributed by atoms with Crippen molar-refractivity contribution in [1.29, 1.82) is 0 Å². The fourth-order valence-electron chi connectivity index (χ4n) is 3.05. The van der Waals surface area contributed by atoms with E-state index in [2.05, 4.69) is 10.00 Å². The maximum Gasteiger partial charge on any atom is 0.310 e. The summed E-state index contributed by atoms with van der Waals surface area (Å²) in [5.74, 6) is -0.254. The summed E-state index contributed by atoms with van der Waals surface area (Å²) in [5.41, 5.74) is -0.0960. The fourth-order valence-corrected chi connectivity index (χ4v) is 3.05. The van der Waals surface area contributed by atoms with E-state index in [9.17, 15) is 9.59 Å². The third-order valence-electron chi connectivity index (χ3n) is 4.22. The number of piperidine rings is 1. The molecule has 0 amide bonds. The van der Waals surface area contributed by atoms with Crippen LogP contribution < -0.4 is 5.56 Å². The van der Waals surface area contributed by atoms with Gasteiger partial charge in [0.25, 0.3) is 5.56 Å². The van der Waals surface area contributed by atoms with Gasteiger partial charge in [0.15, 0.2) is 0 Å². The standard InChI is InChI=1S/C17H21N3O3/c1-2-23-17(22)14-7-5-9-19(11-14)12-20-16(21)15-8-4-3-6-13(15)10-18-20/h3-4,6,8,10,14H,2,5,7,9,11-12H2,1H3. The second-order valence-corrected chi connectivity index (χ2v) is 5.85. The van der Waals surface area contributed by atoms with Crippen LogP contribution >= 0.6 is 0 Å². The van der Waals surface area contributed by atoms with Gasteiger partial charge in [-0.1, -0.05) is 18.2 Å². The van der Waals surface area contributed by atoms with Crippen LogP contribution in [0, 0.1) is 5.92 Å². The molecule has 1 aromatic heterocycles. The molecular weight excluding hydrogens is 294 g/mol. The summed E-state index contributed by atoms with van der Waals surface area (Å²) < 4.78 is 6.58. The van der Waals surface area contributed by atoms with Gasteiger partial charge >= 0.3 is 5.97 Å². The van der Waals surface area contributed by atoms with Crippen molar-refractivity contribution in [3.05, 3.63) is 40.8 Å². The van der Waals surface area contributed by atoms with Crippen molar-refractivity contribution >= 4 is 16.7 Å². The SMILES string of the molecule is CCOC(=O)C1CCCN(Cn2ncc3ccccc3c2=O)C1. The number of aromatic nitrogens is 2. The third kappa shape index (κ3) is 3.42. The second kappa shape index (κ2) is 6.91. The average Bonchev–Trinajstić information content (AvgIpc) is 2.58. The molecule has 1 aliphatic heterocycles. The van der Waals surface area contributed by atoms with Gasteiger partial charge in [-0.2, -0.15) is 5.10 Å². The molecule has 1 fully saturated rings. The first-order chi connectivity index (χ1) is 11.2. The van der Waals surface area contributed by atoms with E-state index in [-0.39, 0.29) is 17.4 Å². The summed E-state index contributed by atoms with van der Waals surface area (Å²) in [5, 5.41) is 5.77. The van der Waals surface area contributed by atoms with Gasteiger partial charge in [-0.05, 0) is 32.4 Å². The summed E-state index contributed by atoms with van der Waals surface area (Å²) in [6.07, 6.45) is 3.48. The molecule has 3 rings (SSSR count). The minimum absolute atomic E-state index is 0.0960. The van der Waals surface area contributed by atoms with Gasteiger partial charge in [-0.25, -0.2) is 4.68 Å². The number of likely N-dealkylation sites (tertiary alicyclic amines) is 1. The van der Waals surface area contributed by atoms with Crippen molar-refractivity contribution < 1.29 is 9.53 Å². The summed E-state index contributed by atoms with van der Waals surface area (Å²) in [7, 11) is 0. The van der Waals surface area contributed by atoms with Crippen LogP contribution in [0.2, 0.25) is 0 Å². The maximum atomic E-state index is 12.5. The van der Waals surface area contributed by atoms with E-state index in [1.54, 1.807) is 6.20 Å². The molecule has 1 aliphatic rings. The largest absolute Gasteiger partial charge is 0.466 e. The van der Waals surface area contributed by atoms with E-state index in [1.165, 1.54) is 4.68 Å². The van der Waals surface area contributed by atoms with Gasteiger partial charge in [-0.3, -0.25) is 14.5 Å². The predicted octanol–water partition coefficient (Wildman–Crippen LogP) is 1.63. The number of carbonyl (C=O) groups is 1. The Kier molecular flexibility index (Phi) is 4.71. The van der Waals surface area contributed by atoms with Gasteiger partial charge in [0, 0.05) is 11.9 Å². The fraction of sp³-hybridized carbons (Fsp3) is 0.471. The first-order valence-corrected chi connectivity index (χ1v) is 8.03.